The number of quaternary nitrogens is 2. The van der Waals surface area contributed by atoms with Crippen LogP contribution in [0.25, 0.3) is 43.9 Å². The van der Waals surface area contributed by atoms with Crippen molar-refractivity contribution in [1.82, 2.24) is 29.1 Å². The number of hydrogen-bond acceptors (Lipinski definition) is 11. The molecule has 0 aliphatic heterocycles. The highest BCUT2D eigenvalue weighted by Crippen LogP contribution is 2.31. The molecule has 6 aromatic rings. The molecule has 0 bridgehead atoms. The quantitative estimate of drug-likeness (QED) is 0.0240. The predicted molar refractivity (Wildman–Crippen MR) is 283 cm³/mol. The molecule has 16 heteroatoms. The number of fused-ring (bicyclic) bond motifs is 6. The number of imidazole rings is 2. The van der Waals surface area contributed by atoms with Crippen molar-refractivity contribution < 1.29 is 37.9 Å². The first-order chi connectivity index (χ1) is 33.3. The lowest BCUT2D eigenvalue weighted by Gasteiger charge is -2.29. The number of anilines is 2. The molecule has 5 N–H and O–H groups in total. The van der Waals surface area contributed by atoms with Gasteiger partial charge in [0.1, 0.15) is 41.4 Å². The second-order valence-corrected chi connectivity index (χ2v) is 20.9. The molecule has 0 atom stereocenters. The van der Waals surface area contributed by atoms with Gasteiger partial charge in [0.2, 0.25) is 0 Å². The van der Waals surface area contributed by atoms with E-state index in [0.29, 0.717) is 37.9 Å². The second kappa shape index (κ2) is 26.1. The average molecular weight is 969 g/mol. The van der Waals surface area contributed by atoms with Gasteiger partial charge in [-0.3, -0.25) is 9.59 Å². The van der Waals surface area contributed by atoms with Crippen molar-refractivity contribution in [3.8, 4) is 0 Å². The Morgan fingerprint density at radius 3 is 1.44 bits per heavy atom. The molecule has 70 heavy (non-hydrogen) atoms. The van der Waals surface area contributed by atoms with Gasteiger partial charge in [0.15, 0.2) is 11.6 Å². The largest absolute Gasteiger partial charge is 0.481 e. The number of carboxylic acids is 1. The summed E-state index contributed by atoms with van der Waals surface area (Å²) < 4.78 is 23.0. The van der Waals surface area contributed by atoms with Crippen molar-refractivity contribution in [3.05, 3.63) is 60.2 Å². The summed E-state index contributed by atoms with van der Waals surface area (Å²) in [5.41, 5.74) is 17.9. The Balaban J connectivity index is 0.000000262. The molecule has 4 aromatic heterocycles. The summed E-state index contributed by atoms with van der Waals surface area (Å²) in [6, 6.07) is 16.3. The number of carbonyl (C=O) groups is 2. The lowest BCUT2D eigenvalue weighted by molar-refractivity contribution is -0.891. The molecule has 0 aliphatic carbocycles. The summed E-state index contributed by atoms with van der Waals surface area (Å²) in [5, 5.41) is 10.9. The third kappa shape index (κ3) is 16.6. The van der Waals surface area contributed by atoms with Crippen LogP contribution in [0, 0.1) is 0 Å². The lowest BCUT2D eigenvalue weighted by Crippen LogP contribution is -2.43. The van der Waals surface area contributed by atoms with Gasteiger partial charge in [0.25, 0.3) is 0 Å². The van der Waals surface area contributed by atoms with Crippen LogP contribution in [0.1, 0.15) is 110 Å². The van der Waals surface area contributed by atoms with Gasteiger partial charge >= 0.3 is 11.9 Å². The number of nitrogens with zero attached hydrogens (tertiary/aromatic N) is 8. The topological polar surface area (TPSA) is 196 Å². The fourth-order valence-electron chi connectivity index (χ4n) is 8.72. The smallest absolute Gasteiger partial charge is 0.308 e. The highest BCUT2D eigenvalue weighted by molar-refractivity contribution is 6.07. The highest BCUT2D eigenvalue weighted by Gasteiger charge is 2.21. The number of carboxylic acid groups (broad SMARTS) is 1. The van der Waals surface area contributed by atoms with E-state index < -0.39 is 11.6 Å². The molecule has 2 aromatic carbocycles. The number of nitrogens with two attached hydrogens (primary N) is 2. The Morgan fingerprint density at radius 2 is 1.03 bits per heavy atom. The standard InChI is InChI=1S/C29H46N5O3.C25H37N5O3/c1-7-8-15-24-32-26-27(22-13-9-10-14-23(22)31-28(26)30)33(24)17-11-12-18-34(5,6)19-21-36-20-16-25(35)37-29(2,3)4;1-4-5-12-21-28-23-24(19-10-6-7-11-20(19)27-25(23)26)29(21)14-8-9-15-30(2,3)16-18-33-17-13-22(31)32/h9-10,13-14H,7-8,11-12,15-21H2,1-6H3,(H2,30,31);6-7,10-11H,4-5,8-9,12-18H2,1-3H3,(H2-,26,27,31,32)/q+1;/p+1. The van der Waals surface area contributed by atoms with Crippen LogP contribution in [0.5, 0.6) is 0 Å². The minimum absolute atomic E-state index is 0.0569. The predicted octanol–water partition coefficient (Wildman–Crippen LogP) is 8.97. The van der Waals surface area contributed by atoms with Crippen molar-refractivity contribution in [1.29, 1.82) is 0 Å². The van der Waals surface area contributed by atoms with E-state index in [1.165, 1.54) is 0 Å². The third-order valence-electron chi connectivity index (χ3n) is 12.7. The van der Waals surface area contributed by atoms with Gasteiger partial charge in [-0.05, 0) is 71.4 Å². The van der Waals surface area contributed by atoms with Crippen LogP contribution in [0.15, 0.2) is 48.5 Å². The van der Waals surface area contributed by atoms with E-state index in [-0.39, 0.29) is 19.0 Å². The molecule has 4 heterocycles. The minimum atomic E-state index is -0.820. The first-order valence-electron chi connectivity index (χ1n) is 25.6. The summed E-state index contributed by atoms with van der Waals surface area (Å²) in [6.07, 6.45) is 11.0. The molecule has 0 saturated carbocycles. The molecule has 0 aliphatic rings. The maximum absolute atomic E-state index is 11.8. The van der Waals surface area contributed by atoms with Gasteiger partial charge < -0.3 is 48.9 Å². The monoisotopic (exact) mass is 969 g/mol. The number of para-hydroxylation sites is 2. The SMILES string of the molecule is CCCCc1nc2c(N)nc3ccccc3c2n1CCCC[N+](C)(C)CCOCCC(=O)O.CCCCc1nc2c(N)nc3ccccc3c2n1CCCC[N+](C)(C)CCOCCC(=O)OC(C)(C)C. The number of likely N-dealkylation sites (N-methyl/N-ethyl adjacent to an activating group) is 2. The molecule has 0 spiro atoms. The average Bonchev–Trinajstić information content (AvgIpc) is 3.86. The first-order valence-corrected chi connectivity index (χ1v) is 25.6. The van der Waals surface area contributed by atoms with Gasteiger partial charge in [0.05, 0.1) is 103 Å². The fourth-order valence-corrected chi connectivity index (χ4v) is 8.72. The van der Waals surface area contributed by atoms with Crippen LogP contribution in [-0.4, -0.2) is 141 Å². The molecule has 0 unspecified atom stereocenters. The van der Waals surface area contributed by atoms with Crippen LogP contribution in [-0.2, 0) is 49.7 Å². The van der Waals surface area contributed by atoms with Gasteiger partial charge in [-0.25, -0.2) is 19.9 Å². The number of aryl methyl sites for hydroxylation is 4. The van der Waals surface area contributed by atoms with Crippen molar-refractivity contribution in [3.63, 3.8) is 0 Å². The van der Waals surface area contributed by atoms with Crippen LogP contribution >= 0.6 is 0 Å². The maximum Gasteiger partial charge on any atom is 0.308 e. The lowest BCUT2D eigenvalue weighted by atomic mass is 10.1. The molecule has 0 amide bonds. The molecular weight excluding hydrogens is 885 g/mol. The van der Waals surface area contributed by atoms with Gasteiger partial charge in [-0.15, -0.1) is 0 Å². The van der Waals surface area contributed by atoms with Crippen molar-refractivity contribution in [2.45, 2.75) is 130 Å². The summed E-state index contributed by atoms with van der Waals surface area (Å²) in [5.74, 6) is 2.18. The van der Waals surface area contributed by atoms with Crippen molar-refractivity contribution in [2.24, 2.45) is 0 Å². The maximum atomic E-state index is 11.8. The summed E-state index contributed by atoms with van der Waals surface area (Å²) in [7, 11) is 8.85. The highest BCUT2D eigenvalue weighted by atomic mass is 16.6. The number of ether oxygens (including phenoxy) is 3. The molecule has 16 nitrogen and oxygen atoms in total. The zero-order valence-electron chi connectivity index (χ0n) is 43.9. The Kier molecular flexibility index (Phi) is 20.7. The van der Waals surface area contributed by atoms with E-state index in [0.717, 1.165) is 168 Å². The molecule has 0 radical (unpaired) electrons. The Hall–Kier alpha value is -5.42. The minimum Gasteiger partial charge on any atom is -0.481 e. The molecule has 0 fully saturated rings. The van der Waals surface area contributed by atoms with E-state index in [2.05, 4.69) is 79.3 Å². The van der Waals surface area contributed by atoms with E-state index in [1.54, 1.807) is 0 Å². The van der Waals surface area contributed by atoms with Gasteiger partial charge in [-0.2, -0.15) is 0 Å². The Bertz CT molecular complexity index is 2610. The normalized spacial score (nSPS) is 12.3. The molecule has 0 saturated heterocycles. The van der Waals surface area contributed by atoms with Crippen LogP contribution < -0.4 is 11.5 Å². The number of benzene rings is 2. The molecule has 6 rings (SSSR count). The third-order valence-corrected chi connectivity index (χ3v) is 12.7. The summed E-state index contributed by atoms with van der Waals surface area (Å²) in [4.78, 5) is 41.4. The first kappa shape index (κ1) is 55.5. The second-order valence-electron chi connectivity index (χ2n) is 20.9. The molecule has 384 valence electrons. The number of esters is 1. The number of hydrogen-bond donors (Lipinski definition) is 3. The molecular formula is C54H84N10O6+2. The van der Waals surface area contributed by atoms with E-state index >= 15 is 0 Å². The number of aromatic nitrogens is 6. The van der Waals surface area contributed by atoms with Crippen LogP contribution in [0.4, 0.5) is 11.6 Å². The van der Waals surface area contributed by atoms with E-state index in [9.17, 15) is 9.59 Å². The van der Waals surface area contributed by atoms with Crippen LogP contribution in [0.3, 0.4) is 0 Å². The fraction of sp³-hybridized carbons (Fsp3) is 0.593. The zero-order chi connectivity index (χ0) is 50.9. The number of aliphatic carboxylic acids is 1. The number of pyridine rings is 2. The van der Waals surface area contributed by atoms with E-state index in [4.69, 9.17) is 40.8 Å². The number of unbranched alkanes of at least 4 members (excludes halogenated alkanes) is 4. The number of carbonyl (C=O) groups excluding carboxylic acids is 1. The zero-order valence-corrected chi connectivity index (χ0v) is 43.9. The van der Waals surface area contributed by atoms with Gasteiger partial charge in [0, 0.05) is 36.7 Å². The number of rotatable bonds is 28. The van der Waals surface area contributed by atoms with E-state index in [1.807, 2.05) is 51.1 Å². The van der Waals surface area contributed by atoms with Crippen molar-refractivity contribution in [2.75, 3.05) is 92.3 Å². The van der Waals surface area contributed by atoms with Gasteiger partial charge in [-0.1, -0.05) is 63.1 Å². The van der Waals surface area contributed by atoms with Crippen LogP contribution in [0.2, 0.25) is 0 Å². The van der Waals surface area contributed by atoms with Crippen molar-refractivity contribution >= 4 is 67.4 Å². The Morgan fingerprint density at radius 1 is 0.600 bits per heavy atom. The number of nitrogen functional groups attached to an aromatic ring is 2. The summed E-state index contributed by atoms with van der Waals surface area (Å²) >= 11 is 0. The summed E-state index contributed by atoms with van der Waals surface area (Å²) in [6.45, 7) is 17.6. The Labute approximate surface area is 415 Å².